The molecule has 0 unspecified atom stereocenters. The third kappa shape index (κ3) is 6.13. The summed E-state index contributed by atoms with van der Waals surface area (Å²) in [4.78, 5) is 39.7. The number of anilines is 1. The molecular weight excluding hydrogens is 460 g/mol. The summed E-state index contributed by atoms with van der Waals surface area (Å²) in [6.45, 7) is 9.10. The molecule has 1 atom stereocenters. The Balaban J connectivity index is 1.26. The number of hydrogen-bond donors (Lipinski definition) is 1. The van der Waals surface area contributed by atoms with Gasteiger partial charge >= 0.3 is 6.09 Å². The van der Waals surface area contributed by atoms with Crippen molar-refractivity contribution in [3.63, 3.8) is 0 Å². The first-order valence-electron chi connectivity index (χ1n) is 12.8. The van der Waals surface area contributed by atoms with Gasteiger partial charge in [-0.05, 0) is 39.8 Å². The molecule has 0 spiro atoms. The lowest BCUT2D eigenvalue weighted by Gasteiger charge is -2.32. The van der Waals surface area contributed by atoms with E-state index in [-0.39, 0.29) is 24.1 Å². The van der Waals surface area contributed by atoms with Crippen molar-refractivity contribution < 1.29 is 14.3 Å². The maximum absolute atomic E-state index is 12.8. The van der Waals surface area contributed by atoms with E-state index in [1.165, 1.54) is 0 Å². The molecule has 2 amide bonds. The number of likely N-dealkylation sites (N-methyl/N-ethyl adjacent to an activating group) is 1. The number of hydrogen-bond acceptors (Lipinski definition) is 8. The van der Waals surface area contributed by atoms with Crippen molar-refractivity contribution in [2.45, 2.75) is 58.1 Å². The second-order valence-corrected chi connectivity index (χ2v) is 10.2. The van der Waals surface area contributed by atoms with Gasteiger partial charge in [0.25, 0.3) is 0 Å². The minimum Gasteiger partial charge on any atom is -0.444 e. The summed E-state index contributed by atoms with van der Waals surface area (Å²) in [5, 5.41) is 8.01. The van der Waals surface area contributed by atoms with Crippen LogP contribution in [0.1, 0.15) is 50.4 Å². The molecule has 0 radical (unpaired) electrons. The fraction of sp³-hybridized carbons (Fsp3) is 0.640. The first-order chi connectivity index (χ1) is 17.2. The van der Waals surface area contributed by atoms with Crippen LogP contribution < -0.4 is 5.32 Å². The Morgan fingerprint density at radius 1 is 1.17 bits per heavy atom. The minimum absolute atomic E-state index is 0.0333. The molecule has 2 fully saturated rings. The highest BCUT2D eigenvalue weighted by molar-refractivity contribution is 5.87. The van der Waals surface area contributed by atoms with E-state index in [9.17, 15) is 9.59 Å². The Bertz CT molecular complexity index is 1100. The molecule has 2 aromatic heterocycles. The van der Waals surface area contributed by atoms with Crippen molar-refractivity contribution in [1.29, 1.82) is 0 Å². The molecular formula is C25H38N8O3. The van der Waals surface area contributed by atoms with Crippen molar-refractivity contribution in [2.24, 2.45) is 0 Å². The summed E-state index contributed by atoms with van der Waals surface area (Å²) in [7, 11) is 3.91. The van der Waals surface area contributed by atoms with E-state index in [4.69, 9.17) is 4.74 Å². The summed E-state index contributed by atoms with van der Waals surface area (Å²) in [6.07, 6.45) is 6.98. The standard InChI is InChI=1S/C25H38N8O3/c1-17(2)21-15-26-33-23(21)27-18(3)28-24(33)29-19-8-12-31(13-9-19)25(35)36-20-10-14-32(16-20)22(34)7-6-11-30(4)5/h6-7,15,17,19-20H,8-14,16H2,1-5H3,(H,27,28,29)/b7-6+/t20-/m1/s1. The van der Waals surface area contributed by atoms with Crippen molar-refractivity contribution in [2.75, 3.05) is 52.1 Å². The van der Waals surface area contributed by atoms with Gasteiger partial charge < -0.3 is 24.8 Å². The highest BCUT2D eigenvalue weighted by Crippen LogP contribution is 2.23. The molecule has 36 heavy (non-hydrogen) atoms. The third-order valence-electron chi connectivity index (χ3n) is 6.67. The number of ether oxygens (including phenoxy) is 1. The topological polar surface area (TPSA) is 108 Å². The number of aromatic nitrogens is 4. The van der Waals surface area contributed by atoms with Crippen molar-refractivity contribution >= 4 is 23.6 Å². The number of carbonyl (C=O) groups excluding carboxylic acids is 2. The van der Waals surface area contributed by atoms with Gasteiger partial charge in [0.05, 0.1) is 12.7 Å². The van der Waals surface area contributed by atoms with Crippen molar-refractivity contribution in [3.05, 3.63) is 29.7 Å². The number of piperidine rings is 1. The number of fused-ring (bicyclic) bond motifs is 1. The molecule has 0 bridgehead atoms. The molecule has 2 saturated heterocycles. The van der Waals surface area contributed by atoms with Gasteiger partial charge in [0, 0.05) is 50.3 Å². The monoisotopic (exact) mass is 498 g/mol. The second-order valence-electron chi connectivity index (χ2n) is 10.2. The van der Waals surface area contributed by atoms with Crippen LogP contribution in [0, 0.1) is 6.92 Å². The van der Waals surface area contributed by atoms with Gasteiger partial charge in [-0.25, -0.2) is 9.78 Å². The van der Waals surface area contributed by atoms with Crippen LogP contribution in [0.25, 0.3) is 5.65 Å². The fourth-order valence-corrected chi connectivity index (χ4v) is 4.60. The maximum atomic E-state index is 12.8. The molecule has 11 nitrogen and oxygen atoms in total. The van der Waals surface area contributed by atoms with Crippen LogP contribution in [0.4, 0.5) is 10.7 Å². The molecule has 11 heteroatoms. The van der Waals surface area contributed by atoms with Crippen LogP contribution >= 0.6 is 0 Å². The highest BCUT2D eigenvalue weighted by Gasteiger charge is 2.31. The Morgan fingerprint density at radius 2 is 1.89 bits per heavy atom. The Labute approximate surface area is 212 Å². The number of aryl methyl sites for hydroxylation is 1. The van der Waals surface area contributed by atoms with E-state index in [2.05, 4.69) is 34.2 Å². The van der Waals surface area contributed by atoms with Gasteiger partial charge in [-0.1, -0.05) is 19.9 Å². The Kier molecular flexibility index (Phi) is 8.07. The van der Waals surface area contributed by atoms with Gasteiger partial charge in [0.1, 0.15) is 11.9 Å². The van der Waals surface area contributed by atoms with Crippen LogP contribution in [0.3, 0.4) is 0 Å². The summed E-state index contributed by atoms with van der Waals surface area (Å²) < 4.78 is 7.50. The van der Waals surface area contributed by atoms with Gasteiger partial charge in [-0.15, -0.1) is 0 Å². The Hall–Kier alpha value is -3.21. The van der Waals surface area contributed by atoms with Crippen LogP contribution in [0.15, 0.2) is 18.3 Å². The largest absolute Gasteiger partial charge is 0.444 e. The SMILES string of the molecule is Cc1nc(NC2CCN(C(=O)O[C@@H]3CCN(C(=O)/C=C/CN(C)C)C3)CC2)n2ncc(C(C)C)c2n1. The lowest BCUT2D eigenvalue weighted by atomic mass is 10.1. The highest BCUT2D eigenvalue weighted by atomic mass is 16.6. The lowest BCUT2D eigenvalue weighted by Crippen LogP contribution is -2.44. The number of nitrogens with zero attached hydrogens (tertiary/aromatic N) is 7. The van der Waals surface area contributed by atoms with Crippen molar-refractivity contribution in [3.8, 4) is 0 Å². The molecule has 1 N–H and O–H groups in total. The van der Waals surface area contributed by atoms with E-state index >= 15 is 0 Å². The molecule has 4 rings (SSSR count). The number of amides is 2. The number of rotatable bonds is 7. The van der Waals surface area contributed by atoms with Crippen LogP contribution in [0.2, 0.25) is 0 Å². The quantitative estimate of drug-likeness (QED) is 0.580. The Morgan fingerprint density at radius 3 is 2.58 bits per heavy atom. The summed E-state index contributed by atoms with van der Waals surface area (Å²) in [6, 6.07) is 0.173. The molecule has 196 valence electrons. The average molecular weight is 499 g/mol. The average Bonchev–Trinajstić information content (AvgIpc) is 3.46. The van der Waals surface area contributed by atoms with E-state index in [1.807, 2.05) is 38.2 Å². The fourth-order valence-electron chi connectivity index (χ4n) is 4.60. The molecule has 2 aliphatic rings. The summed E-state index contributed by atoms with van der Waals surface area (Å²) in [5.74, 6) is 1.67. The van der Waals surface area contributed by atoms with E-state index in [0.29, 0.717) is 56.8 Å². The van der Waals surface area contributed by atoms with Gasteiger partial charge in [0.15, 0.2) is 5.65 Å². The molecule has 2 aromatic rings. The van der Waals surface area contributed by atoms with Gasteiger partial charge in [-0.3, -0.25) is 4.79 Å². The summed E-state index contributed by atoms with van der Waals surface area (Å²) in [5.41, 5.74) is 1.93. The van der Waals surface area contributed by atoms with E-state index in [0.717, 1.165) is 24.1 Å². The summed E-state index contributed by atoms with van der Waals surface area (Å²) >= 11 is 0. The predicted molar refractivity (Wildman–Crippen MR) is 137 cm³/mol. The zero-order valence-corrected chi connectivity index (χ0v) is 22.0. The van der Waals surface area contributed by atoms with Gasteiger partial charge in [-0.2, -0.15) is 14.6 Å². The molecule has 2 aliphatic heterocycles. The molecule has 0 saturated carbocycles. The van der Waals surface area contributed by atoms with Crippen LogP contribution in [-0.4, -0.2) is 105 Å². The van der Waals surface area contributed by atoms with E-state index < -0.39 is 0 Å². The smallest absolute Gasteiger partial charge is 0.410 e. The zero-order valence-electron chi connectivity index (χ0n) is 22.0. The third-order valence-corrected chi connectivity index (χ3v) is 6.67. The number of carbonyl (C=O) groups is 2. The van der Waals surface area contributed by atoms with Gasteiger partial charge in [0.2, 0.25) is 11.9 Å². The van der Waals surface area contributed by atoms with Crippen LogP contribution in [-0.2, 0) is 9.53 Å². The molecule has 4 heterocycles. The number of likely N-dealkylation sites (tertiary alicyclic amines) is 2. The first-order valence-corrected chi connectivity index (χ1v) is 12.8. The van der Waals surface area contributed by atoms with E-state index in [1.54, 1.807) is 20.4 Å². The predicted octanol–water partition coefficient (Wildman–Crippen LogP) is 2.29. The number of nitrogens with one attached hydrogen (secondary N) is 1. The second kappa shape index (κ2) is 11.2. The first kappa shape index (κ1) is 25.9. The lowest BCUT2D eigenvalue weighted by molar-refractivity contribution is -0.125. The normalized spacial score (nSPS) is 19.2. The molecule has 0 aliphatic carbocycles. The zero-order chi connectivity index (χ0) is 25.8. The maximum Gasteiger partial charge on any atom is 0.410 e. The minimum atomic E-state index is -0.301. The van der Waals surface area contributed by atoms with Crippen LogP contribution in [0.5, 0.6) is 0 Å². The molecule has 0 aromatic carbocycles. The van der Waals surface area contributed by atoms with Crippen molar-refractivity contribution in [1.82, 2.24) is 34.3 Å².